The van der Waals surface area contributed by atoms with Crippen molar-refractivity contribution in [3.8, 4) is 56.4 Å². The lowest BCUT2D eigenvalue weighted by Gasteiger charge is -2.12. The van der Waals surface area contributed by atoms with Crippen molar-refractivity contribution in [2.24, 2.45) is 0 Å². The van der Waals surface area contributed by atoms with Crippen LogP contribution < -0.4 is 0 Å². The van der Waals surface area contributed by atoms with E-state index in [1.54, 1.807) is 11.3 Å². The minimum Gasteiger partial charge on any atom is -0.256 e. The fraction of sp³-hybridized carbons (Fsp3) is 0. The van der Waals surface area contributed by atoms with Gasteiger partial charge in [0.1, 0.15) is 0 Å². The van der Waals surface area contributed by atoms with E-state index in [4.69, 9.17) is 15.0 Å². The lowest BCUT2D eigenvalue weighted by Crippen LogP contribution is -2.00. The molecule has 0 atom stereocenters. The minimum atomic E-state index is 0.641. The van der Waals surface area contributed by atoms with Gasteiger partial charge in [0.15, 0.2) is 17.5 Å². The molecule has 0 amide bonds. The zero-order valence-electron chi connectivity index (χ0n) is 27.4. The van der Waals surface area contributed by atoms with Gasteiger partial charge < -0.3 is 0 Å². The zero-order valence-corrected chi connectivity index (χ0v) is 28.2. The third kappa shape index (κ3) is 5.23. The van der Waals surface area contributed by atoms with Crippen LogP contribution in [0.2, 0.25) is 0 Å². The van der Waals surface area contributed by atoms with E-state index in [9.17, 15) is 0 Å². The quantitative estimate of drug-likeness (QED) is 0.171. The van der Waals surface area contributed by atoms with Crippen molar-refractivity contribution in [1.82, 2.24) is 19.9 Å². The largest absolute Gasteiger partial charge is 0.256 e. The summed E-state index contributed by atoms with van der Waals surface area (Å²) < 4.78 is 2.39. The molecule has 0 saturated heterocycles. The Morgan fingerprint density at radius 2 is 0.961 bits per heavy atom. The molecule has 0 N–H and O–H groups in total. The van der Waals surface area contributed by atoms with E-state index in [-0.39, 0.29) is 0 Å². The first-order chi connectivity index (χ1) is 25.2. The van der Waals surface area contributed by atoms with Crippen molar-refractivity contribution in [1.29, 1.82) is 0 Å². The molecule has 0 spiro atoms. The zero-order chi connectivity index (χ0) is 33.7. The summed E-state index contributed by atoms with van der Waals surface area (Å²) in [5, 5.41) is 5.94. The summed E-state index contributed by atoms with van der Waals surface area (Å²) in [6.45, 7) is 0. The van der Waals surface area contributed by atoms with E-state index in [1.165, 1.54) is 31.8 Å². The average molecular weight is 669 g/mol. The van der Waals surface area contributed by atoms with Gasteiger partial charge in [-0.3, -0.25) is 4.98 Å². The third-order valence-corrected chi connectivity index (χ3v) is 10.8. The summed E-state index contributed by atoms with van der Waals surface area (Å²) >= 11 is 1.79. The number of hydrogen-bond acceptors (Lipinski definition) is 5. The standard InChI is InChI=1S/C46H28N4S/c1-3-10-29(11-4-1)30-17-20-33(21-18-30)45-48-44(32-12-5-2-6-13-32)49-46(50-45)40-28-35(27-39-37-14-7-8-16-42(37)51-43(39)40)34-22-19-31-23-24-41-36(38(31)26-34)15-9-25-47-41/h1-28H. The number of benzene rings is 7. The summed E-state index contributed by atoms with van der Waals surface area (Å²) in [5.74, 6) is 1.94. The molecule has 238 valence electrons. The maximum atomic E-state index is 5.22. The summed E-state index contributed by atoms with van der Waals surface area (Å²) in [7, 11) is 0. The van der Waals surface area contributed by atoms with Gasteiger partial charge in [0.05, 0.1) is 5.52 Å². The molecule has 7 aromatic carbocycles. The number of hydrogen-bond donors (Lipinski definition) is 0. The maximum Gasteiger partial charge on any atom is 0.165 e. The molecule has 10 rings (SSSR count). The molecule has 0 unspecified atom stereocenters. The van der Waals surface area contributed by atoms with Crippen molar-refractivity contribution in [2.45, 2.75) is 0 Å². The van der Waals surface area contributed by atoms with Gasteiger partial charge >= 0.3 is 0 Å². The van der Waals surface area contributed by atoms with Crippen molar-refractivity contribution >= 4 is 53.2 Å². The van der Waals surface area contributed by atoms with E-state index < -0.39 is 0 Å². The first kappa shape index (κ1) is 29.4. The van der Waals surface area contributed by atoms with Gasteiger partial charge in [0.25, 0.3) is 0 Å². The van der Waals surface area contributed by atoms with Gasteiger partial charge in [-0.25, -0.2) is 15.0 Å². The van der Waals surface area contributed by atoms with Crippen LogP contribution in [-0.4, -0.2) is 19.9 Å². The Kier molecular flexibility index (Phi) is 6.96. The Morgan fingerprint density at radius 1 is 0.373 bits per heavy atom. The summed E-state index contributed by atoms with van der Waals surface area (Å²) in [4.78, 5) is 20.1. The van der Waals surface area contributed by atoms with E-state index in [2.05, 4.69) is 138 Å². The third-order valence-electron chi connectivity index (χ3n) is 9.57. The molecule has 0 saturated carbocycles. The van der Waals surface area contributed by atoms with Crippen molar-refractivity contribution in [2.75, 3.05) is 0 Å². The molecule has 5 heteroatoms. The average Bonchev–Trinajstić information content (AvgIpc) is 3.59. The molecule has 0 fully saturated rings. The highest BCUT2D eigenvalue weighted by Gasteiger charge is 2.19. The molecular weight excluding hydrogens is 641 g/mol. The smallest absolute Gasteiger partial charge is 0.165 e. The van der Waals surface area contributed by atoms with Gasteiger partial charge in [0.2, 0.25) is 0 Å². The van der Waals surface area contributed by atoms with Gasteiger partial charge in [-0.1, -0.05) is 127 Å². The number of rotatable bonds is 5. The topological polar surface area (TPSA) is 51.6 Å². The molecule has 3 heterocycles. The Hall–Kier alpha value is -6.56. The molecule has 0 aliphatic heterocycles. The second kappa shape index (κ2) is 12.1. The second-order valence-corrected chi connectivity index (χ2v) is 13.7. The lowest BCUT2D eigenvalue weighted by atomic mass is 9.95. The van der Waals surface area contributed by atoms with E-state index in [0.29, 0.717) is 17.5 Å². The van der Waals surface area contributed by atoms with Crippen LogP contribution >= 0.6 is 11.3 Å². The van der Waals surface area contributed by atoms with Crippen molar-refractivity contribution < 1.29 is 0 Å². The lowest BCUT2D eigenvalue weighted by molar-refractivity contribution is 1.08. The molecule has 0 bridgehead atoms. The number of aromatic nitrogens is 4. The highest BCUT2D eigenvalue weighted by atomic mass is 32.1. The molecule has 3 aromatic heterocycles. The van der Waals surface area contributed by atoms with Crippen LogP contribution in [0.1, 0.15) is 0 Å². The summed E-state index contributed by atoms with van der Waals surface area (Å²) in [6, 6.07) is 57.4. The monoisotopic (exact) mass is 668 g/mol. The van der Waals surface area contributed by atoms with Crippen LogP contribution in [0.4, 0.5) is 0 Å². The normalized spacial score (nSPS) is 11.5. The molecule has 10 aromatic rings. The Morgan fingerprint density at radius 3 is 1.76 bits per heavy atom. The number of fused-ring (bicyclic) bond motifs is 6. The van der Waals surface area contributed by atoms with Crippen LogP contribution in [0, 0.1) is 0 Å². The molecule has 0 aliphatic rings. The molecule has 0 aliphatic carbocycles. The second-order valence-electron chi connectivity index (χ2n) is 12.7. The summed E-state index contributed by atoms with van der Waals surface area (Å²) in [5.41, 5.74) is 8.43. The minimum absolute atomic E-state index is 0.641. The predicted octanol–water partition coefficient (Wildman–Crippen LogP) is 12.3. The number of pyridine rings is 1. The van der Waals surface area contributed by atoms with E-state index >= 15 is 0 Å². The van der Waals surface area contributed by atoms with Crippen LogP contribution in [-0.2, 0) is 0 Å². The van der Waals surface area contributed by atoms with E-state index in [0.717, 1.165) is 49.0 Å². The highest BCUT2D eigenvalue weighted by molar-refractivity contribution is 7.26. The highest BCUT2D eigenvalue weighted by Crippen LogP contribution is 2.43. The Bertz CT molecular complexity index is 2900. The van der Waals surface area contributed by atoms with Gasteiger partial charge in [-0.2, -0.15) is 0 Å². The fourth-order valence-corrected chi connectivity index (χ4v) is 8.20. The molecule has 4 nitrogen and oxygen atoms in total. The molecule has 51 heavy (non-hydrogen) atoms. The maximum absolute atomic E-state index is 5.22. The number of nitrogens with zero attached hydrogens (tertiary/aromatic N) is 4. The Balaban J connectivity index is 1.20. The summed E-state index contributed by atoms with van der Waals surface area (Å²) in [6.07, 6.45) is 1.85. The molecular formula is C46H28N4S. The van der Waals surface area contributed by atoms with Crippen molar-refractivity contribution in [3.63, 3.8) is 0 Å². The number of thiophene rings is 1. The van der Waals surface area contributed by atoms with E-state index in [1.807, 2.05) is 36.5 Å². The van der Waals surface area contributed by atoms with Crippen LogP contribution in [0.3, 0.4) is 0 Å². The fourth-order valence-electron chi connectivity index (χ4n) is 7.01. The van der Waals surface area contributed by atoms with Gasteiger partial charge in [-0.15, -0.1) is 11.3 Å². The Labute approximate surface area is 298 Å². The first-order valence-electron chi connectivity index (χ1n) is 17.0. The van der Waals surface area contributed by atoms with Crippen molar-refractivity contribution in [3.05, 3.63) is 170 Å². The SMILES string of the molecule is c1ccc(-c2ccc(-c3nc(-c4ccccc4)nc(-c4cc(-c5ccc6ccc7ncccc7c6c5)cc5c4sc4ccccc45)n3)cc2)cc1. The van der Waals surface area contributed by atoms with Crippen LogP contribution in [0.5, 0.6) is 0 Å². The predicted molar refractivity (Wildman–Crippen MR) is 213 cm³/mol. The molecule has 0 radical (unpaired) electrons. The van der Waals surface area contributed by atoms with Gasteiger partial charge in [-0.05, 0) is 69.4 Å². The van der Waals surface area contributed by atoms with Crippen LogP contribution in [0.25, 0.3) is 98.3 Å². The van der Waals surface area contributed by atoms with Crippen LogP contribution in [0.15, 0.2) is 170 Å². The first-order valence-corrected chi connectivity index (χ1v) is 17.8. The van der Waals surface area contributed by atoms with Gasteiger partial charge in [0, 0.05) is 48.4 Å².